The molecule has 0 spiro atoms. The van der Waals surface area contributed by atoms with Gasteiger partial charge in [-0.25, -0.2) is 0 Å². The quantitative estimate of drug-likeness (QED) is 0.829. The van der Waals surface area contributed by atoms with Crippen LogP contribution in [-0.4, -0.2) is 30.6 Å². The minimum absolute atomic E-state index is 0.475. The number of hydrogen-bond acceptors (Lipinski definition) is 2. The Balaban J connectivity index is 2.02. The predicted molar refractivity (Wildman–Crippen MR) is 77.7 cm³/mol. The van der Waals surface area contributed by atoms with Gasteiger partial charge in [-0.15, -0.1) is 0 Å². The predicted octanol–water partition coefficient (Wildman–Crippen LogP) is 3.21. The van der Waals surface area contributed by atoms with Gasteiger partial charge in [-0.3, -0.25) is 4.90 Å². The molecule has 0 aromatic heterocycles. The standard InChI is InChI=1S/C16H26N2/c1-3-15-11-8-12-18(15)13-16(17-4-2)14-9-6-5-7-10-14/h5-7,9-10,15-17H,3-4,8,11-13H2,1-2H3. The summed E-state index contributed by atoms with van der Waals surface area (Å²) in [5.74, 6) is 0. The van der Waals surface area contributed by atoms with Gasteiger partial charge < -0.3 is 5.32 Å². The zero-order chi connectivity index (χ0) is 12.8. The van der Waals surface area contributed by atoms with Crippen LogP contribution in [-0.2, 0) is 0 Å². The van der Waals surface area contributed by atoms with Crippen LogP contribution < -0.4 is 5.32 Å². The van der Waals surface area contributed by atoms with Crippen molar-refractivity contribution < 1.29 is 0 Å². The summed E-state index contributed by atoms with van der Waals surface area (Å²) in [4.78, 5) is 2.67. The van der Waals surface area contributed by atoms with Crippen molar-refractivity contribution in [1.82, 2.24) is 10.2 Å². The lowest BCUT2D eigenvalue weighted by atomic mass is 10.1. The van der Waals surface area contributed by atoms with E-state index in [4.69, 9.17) is 0 Å². The number of likely N-dealkylation sites (N-methyl/N-ethyl adjacent to an activating group) is 1. The monoisotopic (exact) mass is 246 g/mol. The van der Waals surface area contributed by atoms with Gasteiger partial charge in [0.15, 0.2) is 0 Å². The average Bonchev–Trinajstić information content (AvgIpc) is 2.86. The van der Waals surface area contributed by atoms with Gasteiger partial charge in [0, 0.05) is 18.6 Å². The first-order valence-corrected chi connectivity index (χ1v) is 7.37. The SMILES string of the molecule is CCNC(CN1CCCC1CC)c1ccccc1. The normalized spacial score (nSPS) is 22.2. The smallest absolute Gasteiger partial charge is 0.0449 e. The molecule has 0 radical (unpaired) electrons. The van der Waals surface area contributed by atoms with Crippen LogP contribution in [0.5, 0.6) is 0 Å². The summed E-state index contributed by atoms with van der Waals surface area (Å²) >= 11 is 0. The number of benzene rings is 1. The minimum Gasteiger partial charge on any atom is -0.309 e. The highest BCUT2D eigenvalue weighted by Crippen LogP contribution is 2.23. The van der Waals surface area contributed by atoms with Crippen LogP contribution >= 0.6 is 0 Å². The molecule has 1 fully saturated rings. The van der Waals surface area contributed by atoms with Crippen molar-refractivity contribution in [3.05, 3.63) is 35.9 Å². The molecule has 1 aliphatic heterocycles. The number of hydrogen-bond donors (Lipinski definition) is 1. The molecule has 2 nitrogen and oxygen atoms in total. The Morgan fingerprint density at radius 1 is 1.28 bits per heavy atom. The van der Waals surface area contributed by atoms with E-state index >= 15 is 0 Å². The molecule has 2 rings (SSSR count). The van der Waals surface area contributed by atoms with Crippen LogP contribution in [0.4, 0.5) is 0 Å². The van der Waals surface area contributed by atoms with Gasteiger partial charge >= 0.3 is 0 Å². The Morgan fingerprint density at radius 3 is 2.72 bits per heavy atom. The van der Waals surface area contributed by atoms with E-state index in [9.17, 15) is 0 Å². The zero-order valence-corrected chi connectivity index (χ0v) is 11.7. The molecule has 18 heavy (non-hydrogen) atoms. The maximum atomic E-state index is 3.63. The number of likely N-dealkylation sites (tertiary alicyclic amines) is 1. The Kier molecular flexibility index (Phi) is 5.21. The van der Waals surface area contributed by atoms with Crippen molar-refractivity contribution >= 4 is 0 Å². The first-order valence-electron chi connectivity index (χ1n) is 7.37. The maximum absolute atomic E-state index is 3.63. The minimum atomic E-state index is 0.475. The lowest BCUT2D eigenvalue weighted by Crippen LogP contribution is -2.37. The fraction of sp³-hybridized carbons (Fsp3) is 0.625. The fourth-order valence-electron chi connectivity index (χ4n) is 3.05. The van der Waals surface area contributed by atoms with Gasteiger partial charge in [0.1, 0.15) is 0 Å². The van der Waals surface area contributed by atoms with Crippen molar-refractivity contribution in [3.63, 3.8) is 0 Å². The summed E-state index contributed by atoms with van der Waals surface area (Å²) in [5.41, 5.74) is 1.42. The van der Waals surface area contributed by atoms with E-state index in [-0.39, 0.29) is 0 Å². The number of nitrogens with zero attached hydrogens (tertiary/aromatic N) is 1. The highest BCUT2D eigenvalue weighted by atomic mass is 15.2. The second-order valence-electron chi connectivity index (χ2n) is 5.22. The average molecular weight is 246 g/mol. The molecule has 2 heteroatoms. The number of nitrogens with one attached hydrogen (secondary N) is 1. The van der Waals surface area contributed by atoms with E-state index in [0.29, 0.717) is 6.04 Å². The molecule has 1 heterocycles. The maximum Gasteiger partial charge on any atom is 0.0449 e. The highest BCUT2D eigenvalue weighted by Gasteiger charge is 2.25. The molecule has 1 aromatic carbocycles. The van der Waals surface area contributed by atoms with E-state index in [0.717, 1.165) is 19.1 Å². The number of rotatable bonds is 6. The third kappa shape index (κ3) is 3.33. The lowest BCUT2D eigenvalue weighted by molar-refractivity contribution is 0.221. The first-order chi connectivity index (χ1) is 8.85. The largest absolute Gasteiger partial charge is 0.309 e. The third-order valence-corrected chi connectivity index (χ3v) is 4.04. The molecular weight excluding hydrogens is 220 g/mol. The third-order valence-electron chi connectivity index (χ3n) is 4.04. The molecule has 0 saturated carbocycles. The van der Waals surface area contributed by atoms with Crippen molar-refractivity contribution in [1.29, 1.82) is 0 Å². The summed E-state index contributed by atoms with van der Waals surface area (Å²) in [6.45, 7) is 7.96. The molecule has 1 N–H and O–H groups in total. The summed E-state index contributed by atoms with van der Waals surface area (Å²) < 4.78 is 0. The summed E-state index contributed by atoms with van der Waals surface area (Å²) in [5, 5.41) is 3.63. The van der Waals surface area contributed by atoms with Gasteiger partial charge in [-0.05, 0) is 37.9 Å². The highest BCUT2D eigenvalue weighted by molar-refractivity contribution is 5.19. The molecule has 1 saturated heterocycles. The van der Waals surface area contributed by atoms with Gasteiger partial charge in [-0.1, -0.05) is 44.2 Å². The zero-order valence-electron chi connectivity index (χ0n) is 11.7. The molecule has 1 aromatic rings. The molecular formula is C16H26N2. The van der Waals surface area contributed by atoms with Crippen molar-refractivity contribution in [2.24, 2.45) is 0 Å². The van der Waals surface area contributed by atoms with Crippen LogP contribution in [0.3, 0.4) is 0 Å². The summed E-state index contributed by atoms with van der Waals surface area (Å²) in [7, 11) is 0. The van der Waals surface area contributed by atoms with E-state index in [1.807, 2.05) is 0 Å². The molecule has 0 amide bonds. The van der Waals surface area contributed by atoms with E-state index < -0.39 is 0 Å². The molecule has 1 aliphatic rings. The van der Waals surface area contributed by atoms with Gasteiger partial charge in [0.05, 0.1) is 0 Å². The van der Waals surface area contributed by atoms with Crippen molar-refractivity contribution in [2.75, 3.05) is 19.6 Å². The molecule has 0 bridgehead atoms. The molecule has 2 unspecified atom stereocenters. The van der Waals surface area contributed by atoms with Crippen LogP contribution in [0.15, 0.2) is 30.3 Å². The van der Waals surface area contributed by atoms with E-state index in [1.165, 1.54) is 31.4 Å². The summed E-state index contributed by atoms with van der Waals surface area (Å²) in [6, 6.07) is 12.1. The van der Waals surface area contributed by atoms with Crippen molar-refractivity contribution in [2.45, 2.75) is 45.2 Å². The van der Waals surface area contributed by atoms with Gasteiger partial charge in [0.25, 0.3) is 0 Å². The van der Waals surface area contributed by atoms with Gasteiger partial charge in [0.2, 0.25) is 0 Å². The van der Waals surface area contributed by atoms with Gasteiger partial charge in [-0.2, -0.15) is 0 Å². The fourth-order valence-corrected chi connectivity index (χ4v) is 3.05. The van der Waals surface area contributed by atoms with Crippen LogP contribution in [0.25, 0.3) is 0 Å². The van der Waals surface area contributed by atoms with Crippen LogP contribution in [0.1, 0.15) is 44.7 Å². The second kappa shape index (κ2) is 6.91. The Morgan fingerprint density at radius 2 is 2.06 bits per heavy atom. The Bertz CT molecular complexity index is 336. The molecule has 2 atom stereocenters. The second-order valence-corrected chi connectivity index (χ2v) is 5.22. The van der Waals surface area contributed by atoms with Crippen molar-refractivity contribution in [3.8, 4) is 0 Å². The topological polar surface area (TPSA) is 15.3 Å². The lowest BCUT2D eigenvalue weighted by Gasteiger charge is -2.29. The van der Waals surface area contributed by atoms with E-state index in [1.54, 1.807) is 0 Å². The van der Waals surface area contributed by atoms with E-state index in [2.05, 4.69) is 54.4 Å². The van der Waals surface area contributed by atoms with Crippen LogP contribution in [0, 0.1) is 0 Å². The Hall–Kier alpha value is -0.860. The van der Waals surface area contributed by atoms with Crippen LogP contribution in [0.2, 0.25) is 0 Å². The Labute approximate surface area is 111 Å². The summed E-state index contributed by atoms with van der Waals surface area (Å²) in [6.07, 6.45) is 4.03. The molecule has 100 valence electrons. The molecule has 0 aliphatic carbocycles. The first kappa shape index (κ1) is 13.6.